The summed E-state index contributed by atoms with van der Waals surface area (Å²) in [6.07, 6.45) is 4.60. The van der Waals surface area contributed by atoms with Crippen LogP contribution in [-0.4, -0.2) is 41.9 Å². The van der Waals surface area contributed by atoms with Crippen molar-refractivity contribution in [1.82, 2.24) is 10.2 Å². The van der Waals surface area contributed by atoms with Crippen LogP contribution in [0.25, 0.3) is 0 Å². The van der Waals surface area contributed by atoms with Crippen LogP contribution in [-0.2, 0) is 4.79 Å². The van der Waals surface area contributed by atoms with E-state index in [2.05, 4.69) is 22.5 Å². The fourth-order valence-electron chi connectivity index (χ4n) is 3.61. The molecule has 4 rings (SSSR count). The minimum atomic E-state index is -0.0477. The number of likely N-dealkylation sites (tertiary alicyclic amines) is 1. The molecular weight excluding hydrogens is 302 g/mol. The lowest BCUT2D eigenvalue weighted by Crippen LogP contribution is -2.37. The maximum atomic E-state index is 12.5. The van der Waals surface area contributed by atoms with Crippen LogP contribution in [0.4, 0.5) is 5.69 Å². The standard InChI is InChI=1S/C19H25N3O2/c1-12-9-17(12)19(24)20-14-4-2-3-13(10-14)18(23)21-15-7-8-22(11-15)16-5-6-16/h2-4,10,12,15-17H,5-9,11H2,1H3,(H,20,24)(H,21,23)/t12-,15-,17-/m1/s1. The lowest BCUT2D eigenvalue weighted by atomic mass is 10.1. The van der Waals surface area contributed by atoms with Gasteiger partial charge in [0.25, 0.3) is 5.91 Å². The van der Waals surface area contributed by atoms with Gasteiger partial charge in [-0.2, -0.15) is 0 Å². The van der Waals surface area contributed by atoms with Gasteiger partial charge in [-0.1, -0.05) is 13.0 Å². The molecule has 1 aromatic rings. The normalized spacial score (nSPS) is 29.3. The van der Waals surface area contributed by atoms with Crippen molar-refractivity contribution in [1.29, 1.82) is 0 Å². The van der Waals surface area contributed by atoms with E-state index in [-0.39, 0.29) is 23.8 Å². The summed E-state index contributed by atoms with van der Waals surface area (Å²) in [4.78, 5) is 27.0. The van der Waals surface area contributed by atoms with Gasteiger partial charge in [0.15, 0.2) is 0 Å². The number of nitrogens with zero attached hydrogens (tertiary/aromatic N) is 1. The van der Waals surface area contributed by atoms with E-state index in [1.54, 1.807) is 12.1 Å². The molecule has 2 saturated carbocycles. The Morgan fingerprint density at radius 1 is 1.21 bits per heavy atom. The van der Waals surface area contributed by atoms with E-state index in [1.807, 2.05) is 12.1 Å². The highest BCUT2D eigenvalue weighted by Crippen LogP contribution is 2.38. The van der Waals surface area contributed by atoms with Gasteiger partial charge >= 0.3 is 0 Å². The molecule has 1 aliphatic heterocycles. The van der Waals surface area contributed by atoms with Crippen molar-refractivity contribution in [2.45, 2.75) is 44.7 Å². The summed E-state index contributed by atoms with van der Waals surface area (Å²) >= 11 is 0. The third kappa shape index (κ3) is 3.46. The van der Waals surface area contributed by atoms with Gasteiger partial charge in [0.2, 0.25) is 5.91 Å². The van der Waals surface area contributed by atoms with Crippen molar-refractivity contribution < 1.29 is 9.59 Å². The monoisotopic (exact) mass is 327 g/mol. The Morgan fingerprint density at radius 2 is 2.00 bits per heavy atom. The fraction of sp³-hybridized carbons (Fsp3) is 0.579. The molecule has 1 saturated heterocycles. The summed E-state index contributed by atoms with van der Waals surface area (Å²) in [5, 5.41) is 6.06. The zero-order chi connectivity index (χ0) is 16.7. The third-order valence-electron chi connectivity index (χ3n) is 5.46. The average Bonchev–Trinajstić information content (AvgIpc) is 3.48. The van der Waals surface area contributed by atoms with Gasteiger partial charge in [0, 0.05) is 42.3 Å². The maximum Gasteiger partial charge on any atom is 0.251 e. The van der Waals surface area contributed by atoms with Gasteiger partial charge in [0.1, 0.15) is 0 Å². The number of hydrogen-bond acceptors (Lipinski definition) is 3. The molecule has 3 fully saturated rings. The average molecular weight is 327 g/mol. The minimum Gasteiger partial charge on any atom is -0.348 e. The quantitative estimate of drug-likeness (QED) is 0.872. The van der Waals surface area contributed by atoms with Crippen LogP contribution < -0.4 is 10.6 Å². The fourth-order valence-corrected chi connectivity index (χ4v) is 3.61. The topological polar surface area (TPSA) is 61.4 Å². The third-order valence-corrected chi connectivity index (χ3v) is 5.46. The second-order valence-corrected chi connectivity index (χ2v) is 7.57. The maximum absolute atomic E-state index is 12.5. The molecule has 24 heavy (non-hydrogen) atoms. The van der Waals surface area contributed by atoms with Crippen LogP contribution in [0.2, 0.25) is 0 Å². The van der Waals surface area contributed by atoms with Gasteiger partial charge in [0.05, 0.1) is 0 Å². The highest BCUT2D eigenvalue weighted by molar-refractivity contribution is 5.98. The number of rotatable bonds is 5. The van der Waals surface area contributed by atoms with Crippen LogP contribution in [0.1, 0.15) is 43.0 Å². The van der Waals surface area contributed by atoms with E-state index in [0.29, 0.717) is 17.2 Å². The molecule has 0 radical (unpaired) electrons. The van der Waals surface area contributed by atoms with Crippen molar-refractivity contribution in [2.75, 3.05) is 18.4 Å². The summed E-state index contributed by atoms with van der Waals surface area (Å²) in [6.45, 7) is 4.14. The van der Waals surface area contributed by atoms with E-state index >= 15 is 0 Å². The Balaban J connectivity index is 1.34. The van der Waals surface area contributed by atoms with Crippen molar-refractivity contribution in [3.8, 4) is 0 Å². The van der Waals surface area contributed by atoms with Crippen molar-refractivity contribution in [2.24, 2.45) is 11.8 Å². The molecule has 2 aliphatic carbocycles. The number of hydrogen-bond donors (Lipinski definition) is 2. The first kappa shape index (κ1) is 15.6. The highest BCUT2D eigenvalue weighted by atomic mass is 16.2. The lowest BCUT2D eigenvalue weighted by Gasteiger charge is -2.16. The van der Waals surface area contributed by atoms with Crippen molar-refractivity contribution in [3.63, 3.8) is 0 Å². The Labute approximate surface area is 142 Å². The molecule has 0 aromatic heterocycles. The predicted molar refractivity (Wildman–Crippen MR) is 92.8 cm³/mol. The smallest absolute Gasteiger partial charge is 0.251 e. The number of amides is 2. The van der Waals surface area contributed by atoms with Crippen molar-refractivity contribution >= 4 is 17.5 Å². The zero-order valence-corrected chi connectivity index (χ0v) is 14.1. The highest BCUT2D eigenvalue weighted by Gasteiger charge is 2.39. The molecule has 5 heteroatoms. The Kier molecular flexibility index (Phi) is 4.04. The molecule has 1 aromatic carbocycles. The molecule has 5 nitrogen and oxygen atoms in total. The van der Waals surface area contributed by atoms with Crippen LogP contribution in [0.15, 0.2) is 24.3 Å². The second kappa shape index (κ2) is 6.20. The molecule has 128 valence electrons. The molecule has 2 N–H and O–H groups in total. The van der Waals surface area contributed by atoms with Gasteiger partial charge in [-0.15, -0.1) is 0 Å². The molecule has 1 heterocycles. The first-order chi connectivity index (χ1) is 11.6. The summed E-state index contributed by atoms with van der Waals surface area (Å²) in [7, 11) is 0. The predicted octanol–water partition coefficient (Wildman–Crippen LogP) is 2.25. The van der Waals surface area contributed by atoms with E-state index < -0.39 is 0 Å². The second-order valence-electron chi connectivity index (χ2n) is 7.57. The molecule has 0 unspecified atom stereocenters. The van der Waals surface area contributed by atoms with E-state index in [9.17, 15) is 9.59 Å². The first-order valence-corrected chi connectivity index (χ1v) is 9.06. The minimum absolute atomic E-state index is 0.0477. The molecular formula is C19H25N3O2. The molecule has 3 atom stereocenters. The molecule has 0 spiro atoms. The first-order valence-electron chi connectivity index (χ1n) is 9.06. The number of nitrogens with one attached hydrogen (secondary N) is 2. The van der Waals surface area contributed by atoms with Crippen molar-refractivity contribution in [3.05, 3.63) is 29.8 Å². The SMILES string of the molecule is C[C@@H]1C[C@H]1C(=O)Nc1cccc(C(=O)N[C@@H]2CCN(C3CC3)C2)c1. The largest absolute Gasteiger partial charge is 0.348 e. The summed E-state index contributed by atoms with van der Waals surface area (Å²) < 4.78 is 0. The summed E-state index contributed by atoms with van der Waals surface area (Å²) in [5.74, 6) is 0.632. The van der Waals surface area contributed by atoms with Crippen LogP contribution >= 0.6 is 0 Å². The van der Waals surface area contributed by atoms with Crippen LogP contribution in [0.5, 0.6) is 0 Å². The molecule has 0 bridgehead atoms. The number of anilines is 1. The van der Waals surface area contributed by atoms with Gasteiger partial charge in [-0.25, -0.2) is 0 Å². The Hall–Kier alpha value is -1.88. The zero-order valence-electron chi connectivity index (χ0n) is 14.1. The lowest BCUT2D eigenvalue weighted by molar-refractivity contribution is -0.117. The number of carbonyl (C=O) groups is 2. The van der Waals surface area contributed by atoms with Crippen LogP contribution in [0.3, 0.4) is 0 Å². The Bertz CT molecular complexity index is 656. The molecule has 3 aliphatic rings. The van der Waals surface area contributed by atoms with E-state index in [1.165, 1.54) is 12.8 Å². The van der Waals surface area contributed by atoms with Crippen LogP contribution in [0, 0.1) is 11.8 Å². The Morgan fingerprint density at radius 3 is 2.71 bits per heavy atom. The van der Waals surface area contributed by atoms with E-state index in [0.717, 1.165) is 32.0 Å². The van der Waals surface area contributed by atoms with E-state index in [4.69, 9.17) is 0 Å². The molecule has 2 amide bonds. The van der Waals surface area contributed by atoms with Gasteiger partial charge in [-0.3, -0.25) is 14.5 Å². The van der Waals surface area contributed by atoms with Gasteiger partial charge < -0.3 is 10.6 Å². The number of benzene rings is 1. The number of carbonyl (C=O) groups excluding carboxylic acids is 2. The summed E-state index contributed by atoms with van der Waals surface area (Å²) in [6, 6.07) is 8.24. The summed E-state index contributed by atoms with van der Waals surface area (Å²) in [5.41, 5.74) is 1.32. The van der Waals surface area contributed by atoms with Gasteiger partial charge in [-0.05, 0) is 49.8 Å².